The Kier molecular flexibility index (Phi) is 5.40. The second kappa shape index (κ2) is 7.06. The molecule has 0 radical (unpaired) electrons. The summed E-state index contributed by atoms with van der Waals surface area (Å²) < 4.78 is 0.911. The smallest absolute Gasteiger partial charge is 0.238 e. The van der Waals surface area contributed by atoms with Gasteiger partial charge in [-0.05, 0) is 46.8 Å². The molecule has 1 amide bonds. The Morgan fingerprint density at radius 2 is 2.05 bits per heavy atom. The zero-order valence-electron chi connectivity index (χ0n) is 11.3. The molecule has 1 aliphatic rings. The summed E-state index contributed by atoms with van der Waals surface area (Å²) in [4.78, 5) is 11.9. The van der Waals surface area contributed by atoms with Crippen LogP contribution in [0.3, 0.4) is 0 Å². The molecule has 3 nitrogen and oxygen atoms in total. The lowest BCUT2D eigenvalue weighted by molar-refractivity contribution is -0.115. The molecule has 2 N–H and O–H groups in total. The summed E-state index contributed by atoms with van der Waals surface area (Å²) in [5, 5.41) is 6.30. The number of hydrogen-bond donors (Lipinski definition) is 2. The molecule has 2 unspecified atom stereocenters. The van der Waals surface area contributed by atoms with Crippen molar-refractivity contribution < 1.29 is 4.79 Å². The third kappa shape index (κ3) is 4.32. The van der Waals surface area contributed by atoms with Gasteiger partial charge in [-0.1, -0.05) is 31.9 Å². The number of carbonyl (C=O) groups excluding carboxylic acids is 1. The summed E-state index contributed by atoms with van der Waals surface area (Å²) >= 11 is 3.43. The highest BCUT2D eigenvalue weighted by molar-refractivity contribution is 9.10. The molecule has 0 aliphatic heterocycles. The van der Waals surface area contributed by atoms with Crippen LogP contribution in [0.15, 0.2) is 28.7 Å². The summed E-state index contributed by atoms with van der Waals surface area (Å²) in [7, 11) is 0. The fourth-order valence-corrected chi connectivity index (χ4v) is 2.98. The Labute approximate surface area is 123 Å². The van der Waals surface area contributed by atoms with Gasteiger partial charge >= 0.3 is 0 Å². The molecule has 1 aliphatic carbocycles. The number of carbonyl (C=O) groups is 1. The van der Waals surface area contributed by atoms with Crippen molar-refractivity contribution in [1.29, 1.82) is 0 Å². The van der Waals surface area contributed by atoms with Gasteiger partial charge in [0.2, 0.25) is 5.91 Å². The summed E-state index contributed by atoms with van der Waals surface area (Å²) in [6, 6.07) is 8.15. The molecule has 1 fully saturated rings. The van der Waals surface area contributed by atoms with Gasteiger partial charge < -0.3 is 10.6 Å². The van der Waals surface area contributed by atoms with E-state index in [1.54, 1.807) is 0 Å². The number of nitrogens with one attached hydrogen (secondary N) is 2. The van der Waals surface area contributed by atoms with Crippen LogP contribution in [0.5, 0.6) is 0 Å². The van der Waals surface area contributed by atoms with Crippen LogP contribution >= 0.6 is 15.9 Å². The fraction of sp³-hybridized carbons (Fsp3) is 0.533. The van der Waals surface area contributed by atoms with Crippen LogP contribution in [-0.4, -0.2) is 18.5 Å². The van der Waals surface area contributed by atoms with Crippen LogP contribution in [0, 0.1) is 5.92 Å². The van der Waals surface area contributed by atoms with E-state index in [-0.39, 0.29) is 5.91 Å². The minimum absolute atomic E-state index is 0.0182. The average molecular weight is 325 g/mol. The number of benzene rings is 1. The van der Waals surface area contributed by atoms with Crippen LogP contribution in [0.1, 0.15) is 32.6 Å². The molecule has 1 aromatic rings. The zero-order chi connectivity index (χ0) is 13.7. The molecule has 0 spiro atoms. The minimum Gasteiger partial charge on any atom is -0.324 e. The summed E-state index contributed by atoms with van der Waals surface area (Å²) in [6.07, 6.45) is 5.05. The lowest BCUT2D eigenvalue weighted by Crippen LogP contribution is -2.41. The first-order valence-electron chi connectivity index (χ1n) is 6.94. The van der Waals surface area contributed by atoms with E-state index in [0.29, 0.717) is 18.5 Å². The molecule has 104 valence electrons. The van der Waals surface area contributed by atoms with E-state index in [0.717, 1.165) is 10.2 Å². The molecule has 2 rings (SSSR count). The molecule has 2 atom stereocenters. The number of halogens is 1. The quantitative estimate of drug-likeness (QED) is 0.889. The van der Waals surface area contributed by atoms with Crippen molar-refractivity contribution in [2.75, 3.05) is 11.9 Å². The van der Waals surface area contributed by atoms with Crippen LogP contribution in [-0.2, 0) is 4.79 Å². The Balaban J connectivity index is 1.80. The maximum atomic E-state index is 11.9. The molecule has 0 saturated heterocycles. The van der Waals surface area contributed by atoms with Gasteiger partial charge in [0, 0.05) is 10.5 Å². The van der Waals surface area contributed by atoms with Crippen molar-refractivity contribution in [2.24, 2.45) is 5.92 Å². The molecule has 0 heterocycles. The van der Waals surface area contributed by atoms with Gasteiger partial charge in [-0.2, -0.15) is 0 Å². The normalized spacial score (nSPS) is 23.1. The first kappa shape index (κ1) is 14.5. The topological polar surface area (TPSA) is 41.1 Å². The molecule has 0 bridgehead atoms. The highest BCUT2D eigenvalue weighted by Gasteiger charge is 2.21. The standard InChI is InChI=1S/C15H21BrN2O/c1-11-6-2-4-8-13(11)17-10-15(19)18-14-9-5-3-7-12(14)16/h3,5,7,9,11,13,17H,2,4,6,8,10H2,1H3,(H,18,19). The molecular formula is C15H21BrN2O. The first-order valence-corrected chi connectivity index (χ1v) is 7.74. The highest BCUT2D eigenvalue weighted by atomic mass is 79.9. The average Bonchev–Trinajstić information content (AvgIpc) is 2.40. The van der Waals surface area contributed by atoms with Crippen molar-refractivity contribution in [2.45, 2.75) is 38.6 Å². The van der Waals surface area contributed by atoms with Crippen molar-refractivity contribution in [3.8, 4) is 0 Å². The lowest BCUT2D eigenvalue weighted by Gasteiger charge is -2.29. The Morgan fingerprint density at radius 1 is 1.32 bits per heavy atom. The van der Waals surface area contributed by atoms with Crippen molar-refractivity contribution in [3.63, 3.8) is 0 Å². The summed E-state index contributed by atoms with van der Waals surface area (Å²) in [5.41, 5.74) is 0.825. The predicted octanol–water partition coefficient (Wildman–Crippen LogP) is 3.56. The number of amides is 1. The number of anilines is 1. The third-order valence-electron chi connectivity index (χ3n) is 3.78. The lowest BCUT2D eigenvalue weighted by atomic mass is 9.86. The second-order valence-corrected chi connectivity index (χ2v) is 6.13. The van der Waals surface area contributed by atoms with E-state index >= 15 is 0 Å². The van der Waals surface area contributed by atoms with Gasteiger partial charge in [0.15, 0.2) is 0 Å². The van der Waals surface area contributed by atoms with Gasteiger partial charge in [-0.25, -0.2) is 0 Å². The van der Waals surface area contributed by atoms with E-state index in [2.05, 4.69) is 33.5 Å². The molecular weight excluding hydrogens is 304 g/mol. The molecule has 19 heavy (non-hydrogen) atoms. The Morgan fingerprint density at radius 3 is 2.79 bits per heavy atom. The summed E-state index contributed by atoms with van der Waals surface area (Å²) in [5.74, 6) is 0.690. The molecule has 1 saturated carbocycles. The SMILES string of the molecule is CC1CCCCC1NCC(=O)Nc1ccccc1Br. The van der Waals surface area contributed by atoms with Crippen LogP contribution in [0.4, 0.5) is 5.69 Å². The maximum Gasteiger partial charge on any atom is 0.238 e. The van der Waals surface area contributed by atoms with Gasteiger partial charge in [0.1, 0.15) is 0 Å². The predicted molar refractivity (Wildman–Crippen MR) is 82.2 cm³/mol. The molecule has 4 heteroatoms. The van der Waals surface area contributed by atoms with Gasteiger partial charge in [-0.15, -0.1) is 0 Å². The van der Waals surface area contributed by atoms with E-state index < -0.39 is 0 Å². The van der Waals surface area contributed by atoms with Crippen LogP contribution in [0.2, 0.25) is 0 Å². The minimum atomic E-state index is 0.0182. The molecule has 1 aromatic carbocycles. The van der Waals surface area contributed by atoms with Crippen molar-refractivity contribution in [1.82, 2.24) is 5.32 Å². The van der Waals surface area contributed by atoms with Gasteiger partial charge in [0.25, 0.3) is 0 Å². The largest absolute Gasteiger partial charge is 0.324 e. The van der Waals surface area contributed by atoms with E-state index in [9.17, 15) is 4.79 Å². The van der Waals surface area contributed by atoms with Crippen molar-refractivity contribution >= 4 is 27.5 Å². The first-order chi connectivity index (χ1) is 9.16. The third-order valence-corrected chi connectivity index (χ3v) is 4.48. The van der Waals surface area contributed by atoms with Gasteiger partial charge in [0.05, 0.1) is 12.2 Å². The van der Waals surface area contributed by atoms with Crippen molar-refractivity contribution in [3.05, 3.63) is 28.7 Å². The van der Waals surface area contributed by atoms with Crippen LogP contribution in [0.25, 0.3) is 0 Å². The van der Waals surface area contributed by atoms with Crippen LogP contribution < -0.4 is 10.6 Å². The number of hydrogen-bond acceptors (Lipinski definition) is 2. The number of rotatable bonds is 4. The molecule has 0 aromatic heterocycles. The Hall–Kier alpha value is -0.870. The fourth-order valence-electron chi connectivity index (χ4n) is 2.60. The zero-order valence-corrected chi connectivity index (χ0v) is 12.9. The monoisotopic (exact) mass is 324 g/mol. The Bertz CT molecular complexity index is 436. The number of para-hydroxylation sites is 1. The van der Waals surface area contributed by atoms with E-state index in [1.807, 2.05) is 24.3 Å². The second-order valence-electron chi connectivity index (χ2n) is 5.28. The highest BCUT2D eigenvalue weighted by Crippen LogP contribution is 2.24. The van der Waals surface area contributed by atoms with E-state index in [4.69, 9.17) is 0 Å². The summed E-state index contributed by atoms with van der Waals surface area (Å²) in [6.45, 7) is 2.65. The van der Waals surface area contributed by atoms with E-state index in [1.165, 1.54) is 25.7 Å². The maximum absolute atomic E-state index is 11.9. The van der Waals surface area contributed by atoms with Gasteiger partial charge in [-0.3, -0.25) is 4.79 Å².